The Balaban J connectivity index is 2.05. The number of hydrogen-bond donors (Lipinski definition) is 2. The molecule has 22 heavy (non-hydrogen) atoms. The predicted molar refractivity (Wildman–Crippen MR) is 85.7 cm³/mol. The van der Waals surface area contributed by atoms with Gasteiger partial charge in [-0.2, -0.15) is 0 Å². The molecular formula is C17H26N2O3. The highest BCUT2D eigenvalue weighted by molar-refractivity contribution is 5.77. The average molecular weight is 306 g/mol. The third-order valence-electron chi connectivity index (χ3n) is 4.21. The molecule has 0 spiro atoms. The lowest BCUT2D eigenvalue weighted by atomic mass is 9.77. The molecule has 1 heterocycles. The Morgan fingerprint density at radius 3 is 2.64 bits per heavy atom. The minimum Gasteiger partial charge on any atom is -0.395 e. The minimum atomic E-state index is 0.0189. The third kappa shape index (κ3) is 3.85. The zero-order chi connectivity index (χ0) is 15.9. The summed E-state index contributed by atoms with van der Waals surface area (Å²) in [6.45, 7) is 3.66. The summed E-state index contributed by atoms with van der Waals surface area (Å²) in [5, 5.41) is 12.9. The van der Waals surface area contributed by atoms with Crippen molar-refractivity contribution in [2.45, 2.75) is 31.3 Å². The Hall–Kier alpha value is -1.43. The SMILES string of the molecule is CCCN(C[C@H]1N[C@H](CO)[C@@H]1c1ccccc1)C(=O)COC. The Bertz CT molecular complexity index is 466. The number of aliphatic hydroxyl groups is 1. The van der Waals surface area contributed by atoms with Crippen LogP contribution in [0, 0.1) is 0 Å². The number of rotatable bonds is 8. The van der Waals surface area contributed by atoms with Crippen LogP contribution >= 0.6 is 0 Å². The molecule has 0 bridgehead atoms. The zero-order valence-electron chi connectivity index (χ0n) is 13.4. The van der Waals surface area contributed by atoms with Gasteiger partial charge in [0.25, 0.3) is 0 Å². The summed E-state index contributed by atoms with van der Waals surface area (Å²) >= 11 is 0. The second-order valence-electron chi connectivity index (χ2n) is 5.77. The average Bonchev–Trinajstić information content (AvgIpc) is 2.51. The number of methoxy groups -OCH3 is 1. The van der Waals surface area contributed by atoms with Gasteiger partial charge in [0.15, 0.2) is 0 Å². The molecule has 2 N–H and O–H groups in total. The van der Waals surface area contributed by atoms with E-state index in [1.807, 2.05) is 23.1 Å². The first kappa shape index (κ1) is 16.9. The molecule has 0 saturated carbocycles. The number of nitrogens with zero attached hydrogens (tertiary/aromatic N) is 1. The summed E-state index contributed by atoms with van der Waals surface area (Å²) in [5.74, 6) is 0.256. The number of ether oxygens (including phenoxy) is 1. The van der Waals surface area contributed by atoms with E-state index in [2.05, 4.69) is 24.4 Å². The Morgan fingerprint density at radius 2 is 2.05 bits per heavy atom. The number of amides is 1. The van der Waals surface area contributed by atoms with E-state index in [1.54, 1.807) is 0 Å². The molecule has 1 aromatic rings. The number of nitrogens with one attached hydrogen (secondary N) is 1. The van der Waals surface area contributed by atoms with Crippen LogP contribution in [0.1, 0.15) is 24.8 Å². The highest BCUT2D eigenvalue weighted by Gasteiger charge is 2.41. The van der Waals surface area contributed by atoms with Gasteiger partial charge in [-0.15, -0.1) is 0 Å². The Morgan fingerprint density at radius 1 is 1.32 bits per heavy atom. The molecule has 1 saturated heterocycles. The molecule has 122 valence electrons. The first-order valence-corrected chi connectivity index (χ1v) is 7.89. The van der Waals surface area contributed by atoms with Gasteiger partial charge in [-0.3, -0.25) is 4.79 Å². The number of aliphatic hydroxyl groups excluding tert-OH is 1. The number of benzene rings is 1. The standard InChI is InChI=1S/C17H26N2O3/c1-3-9-19(16(21)12-22-2)10-14-17(15(11-20)18-14)13-7-5-4-6-8-13/h4-8,14-15,17-18,20H,3,9-12H2,1-2H3/t14-,15-,17-/m1/s1. The van der Waals surface area contributed by atoms with E-state index in [-0.39, 0.29) is 37.1 Å². The Labute approximate surface area is 132 Å². The number of carbonyl (C=O) groups is 1. The fourth-order valence-corrected chi connectivity index (χ4v) is 3.16. The predicted octanol–water partition coefficient (Wildman–Crippen LogP) is 0.988. The highest BCUT2D eigenvalue weighted by Crippen LogP contribution is 2.32. The second kappa shape index (κ2) is 8.27. The molecule has 0 unspecified atom stereocenters. The van der Waals surface area contributed by atoms with Crippen molar-refractivity contribution in [2.24, 2.45) is 0 Å². The van der Waals surface area contributed by atoms with E-state index in [9.17, 15) is 9.90 Å². The van der Waals surface area contributed by atoms with Crippen molar-refractivity contribution < 1.29 is 14.6 Å². The molecule has 0 aliphatic carbocycles. The first-order chi connectivity index (χ1) is 10.7. The normalized spacial score (nSPS) is 23.9. The summed E-state index contributed by atoms with van der Waals surface area (Å²) in [7, 11) is 1.54. The van der Waals surface area contributed by atoms with Gasteiger partial charge in [0, 0.05) is 38.2 Å². The Kier molecular flexibility index (Phi) is 6.36. The van der Waals surface area contributed by atoms with Gasteiger partial charge >= 0.3 is 0 Å². The quantitative estimate of drug-likeness (QED) is 0.752. The fraction of sp³-hybridized carbons (Fsp3) is 0.588. The van der Waals surface area contributed by atoms with E-state index in [0.717, 1.165) is 13.0 Å². The molecule has 5 heteroatoms. The molecule has 2 rings (SSSR count). The topological polar surface area (TPSA) is 61.8 Å². The lowest BCUT2D eigenvalue weighted by Crippen LogP contribution is -2.65. The fourth-order valence-electron chi connectivity index (χ4n) is 3.16. The lowest BCUT2D eigenvalue weighted by molar-refractivity contribution is -0.136. The van der Waals surface area contributed by atoms with Crippen molar-refractivity contribution in [1.29, 1.82) is 0 Å². The smallest absolute Gasteiger partial charge is 0.248 e. The maximum atomic E-state index is 12.1. The van der Waals surface area contributed by atoms with Crippen LogP contribution in [0.2, 0.25) is 0 Å². The van der Waals surface area contributed by atoms with Gasteiger partial charge in [0.2, 0.25) is 5.91 Å². The van der Waals surface area contributed by atoms with Gasteiger partial charge in [-0.1, -0.05) is 37.3 Å². The molecule has 3 atom stereocenters. The van der Waals surface area contributed by atoms with E-state index < -0.39 is 0 Å². The zero-order valence-corrected chi connectivity index (χ0v) is 13.4. The molecule has 1 fully saturated rings. The van der Waals surface area contributed by atoms with Gasteiger partial charge in [0.1, 0.15) is 6.61 Å². The van der Waals surface area contributed by atoms with E-state index in [1.165, 1.54) is 12.7 Å². The molecular weight excluding hydrogens is 280 g/mol. The minimum absolute atomic E-state index is 0.0189. The monoisotopic (exact) mass is 306 g/mol. The number of hydrogen-bond acceptors (Lipinski definition) is 4. The van der Waals surface area contributed by atoms with Crippen LogP contribution in [0.4, 0.5) is 0 Å². The summed E-state index contributed by atoms with van der Waals surface area (Å²) < 4.78 is 4.97. The lowest BCUT2D eigenvalue weighted by Gasteiger charge is -2.47. The third-order valence-corrected chi connectivity index (χ3v) is 4.21. The van der Waals surface area contributed by atoms with Gasteiger partial charge in [-0.25, -0.2) is 0 Å². The molecule has 1 amide bonds. The maximum absolute atomic E-state index is 12.1. The summed E-state index contributed by atoms with van der Waals surface area (Å²) in [5.41, 5.74) is 1.21. The highest BCUT2D eigenvalue weighted by atomic mass is 16.5. The van der Waals surface area contributed by atoms with Crippen molar-refractivity contribution in [1.82, 2.24) is 10.2 Å². The molecule has 5 nitrogen and oxygen atoms in total. The maximum Gasteiger partial charge on any atom is 0.248 e. The van der Waals surface area contributed by atoms with Gasteiger partial charge in [0.05, 0.1) is 6.61 Å². The number of carbonyl (C=O) groups excluding carboxylic acids is 1. The van der Waals surface area contributed by atoms with Gasteiger partial charge < -0.3 is 20.1 Å². The first-order valence-electron chi connectivity index (χ1n) is 7.89. The van der Waals surface area contributed by atoms with Crippen LogP contribution < -0.4 is 5.32 Å². The van der Waals surface area contributed by atoms with Crippen molar-refractivity contribution in [3.05, 3.63) is 35.9 Å². The van der Waals surface area contributed by atoms with Crippen molar-refractivity contribution >= 4 is 5.91 Å². The van der Waals surface area contributed by atoms with Crippen LogP contribution in [0.3, 0.4) is 0 Å². The van der Waals surface area contributed by atoms with Crippen LogP contribution in [-0.2, 0) is 9.53 Å². The van der Waals surface area contributed by atoms with Gasteiger partial charge in [-0.05, 0) is 12.0 Å². The summed E-state index contributed by atoms with van der Waals surface area (Å²) in [4.78, 5) is 14.0. The largest absolute Gasteiger partial charge is 0.395 e. The summed E-state index contributed by atoms with van der Waals surface area (Å²) in [6.07, 6.45) is 0.918. The molecule has 0 aromatic heterocycles. The van der Waals surface area contributed by atoms with E-state index in [4.69, 9.17) is 4.74 Å². The second-order valence-corrected chi connectivity index (χ2v) is 5.77. The summed E-state index contributed by atoms with van der Waals surface area (Å²) in [6, 6.07) is 10.4. The van der Waals surface area contributed by atoms with E-state index >= 15 is 0 Å². The van der Waals surface area contributed by atoms with Crippen LogP contribution in [0.5, 0.6) is 0 Å². The van der Waals surface area contributed by atoms with Crippen molar-refractivity contribution in [3.8, 4) is 0 Å². The van der Waals surface area contributed by atoms with E-state index in [0.29, 0.717) is 6.54 Å². The van der Waals surface area contributed by atoms with Crippen molar-refractivity contribution in [2.75, 3.05) is 33.4 Å². The van der Waals surface area contributed by atoms with Crippen LogP contribution in [0.15, 0.2) is 30.3 Å². The molecule has 1 aromatic carbocycles. The van der Waals surface area contributed by atoms with Crippen molar-refractivity contribution in [3.63, 3.8) is 0 Å². The molecule has 1 aliphatic heterocycles. The van der Waals surface area contributed by atoms with Crippen LogP contribution in [0.25, 0.3) is 0 Å². The van der Waals surface area contributed by atoms with Crippen LogP contribution in [-0.4, -0.2) is 61.4 Å². The molecule has 0 radical (unpaired) electrons. The molecule has 1 aliphatic rings.